The molecule has 0 unspecified atom stereocenters. The van der Waals surface area contributed by atoms with Crippen molar-refractivity contribution >= 4 is 34.2 Å². The van der Waals surface area contributed by atoms with Gasteiger partial charge in [0.15, 0.2) is 5.82 Å². The number of fused-ring (bicyclic) bond motifs is 1. The largest absolute Gasteiger partial charge is 0.305 e. The van der Waals surface area contributed by atoms with Gasteiger partial charge in [-0.25, -0.2) is 9.67 Å². The van der Waals surface area contributed by atoms with Crippen LogP contribution in [0.1, 0.15) is 11.4 Å². The second-order valence-corrected chi connectivity index (χ2v) is 7.76. The fourth-order valence-corrected chi connectivity index (χ4v) is 3.75. The predicted octanol–water partition coefficient (Wildman–Crippen LogP) is 5.49. The van der Waals surface area contributed by atoms with Gasteiger partial charge in [-0.3, -0.25) is 4.79 Å². The molecule has 1 N–H and O–H groups in total. The van der Waals surface area contributed by atoms with Crippen LogP contribution in [0.2, 0.25) is 5.02 Å². The van der Waals surface area contributed by atoms with Crippen LogP contribution < -0.4 is 5.56 Å². The Hall–Kier alpha value is -4.47. The highest BCUT2D eigenvalue weighted by atomic mass is 35.5. The van der Waals surface area contributed by atoms with E-state index in [4.69, 9.17) is 16.7 Å². The molecule has 0 aliphatic carbocycles. The van der Waals surface area contributed by atoms with Crippen LogP contribution in [0.4, 0.5) is 0 Å². The molecule has 0 amide bonds. The van der Waals surface area contributed by atoms with Crippen molar-refractivity contribution in [3.05, 3.63) is 112 Å². The van der Waals surface area contributed by atoms with E-state index in [-0.39, 0.29) is 17.0 Å². The van der Waals surface area contributed by atoms with Crippen molar-refractivity contribution in [2.45, 2.75) is 0 Å². The Balaban J connectivity index is 1.68. The van der Waals surface area contributed by atoms with Gasteiger partial charge in [0.1, 0.15) is 6.07 Å². The zero-order chi connectivity index (χ0) is 22.8. The van der Waals surface area contributed by atoms with Crippen LogP contribution in [0.15, 0.2) is 89.9 Å². The van der Waals surface area contributed by atoms with Gasteiger partial charge in [0.25, 0.3) is 5.56 Å². The van der Waals surface area contributed by atoms with Crippen molar-refractivity contribution in [1.29, 1.82) is 5.26 Å². The van der Waals surface area contributed by atoms with Crippen LogP contribution in [-0.4, -0.2) is 19.7 Å². The van der Waals surface area contributed by atoms with Crippen molar-refractivity contribution in [1.82, 2.24) is 19.7 Å². The van der Waals surface area contributed by atoms with E-state index in [1.54, 1.807) is 29.0 Å². The number of nitrogens with zero attached hydrogens (tertiary/aromatic N) is 4. The van der Waals surface area contributed by atoms with Crippen molar-refractivity contribution < 1.29 is 0 Å². The molecule has 0 atom stereocenters. The summed E-state index contributed by atoms with van der Waals surface area (Å²) < 4.78 is 1.77. The lowest BCUT2D eigenvalue weighted by Crippen LogP contribution is -2.11. The van der Waals surface area contributed by atoms with Gasteiger partial charge in [0.05, 0.1) is 27.9 Å². The van der Waals surface area contributed by atoms with E-state index < -0.39 is 0 Å². The number of aromatic nitrogens is 4. The molecule has 0 radical (unpaired) electrons. The van der Waals surface area contributed by atoms with Crippen molar-refractivity contribution in [3.8, 4) is 23.0 Å². The van der Waals surface area contributed by atoms with Crippen LogP contribution in [-0.2, 0) is 0 Å². The first-order valence-corrected chi connectivity index (χ1v) is 10.5. The summed E-state index contributed by atoms with van der Waals surface area (Å²) in [5.41, 5.74) is 3.55. The van der Waals surface area contributed by atoms with Crippen LogP contribution >= 0.6 is 11.6 Å². The Morgan fingerprint density at radius 1 is 1.03 bits per heavy atom. The Bertz CT molecular complexity index is 1600. The maximum absolute atomic E-state index is 12.6. The third kappa shape index (κ3) is 4.05. The fourth-order valence-electron chi connectivity index (χ4n) is 3.57. The van der Waals surface area contributed by atoms with Crippen LogP contribution in [0.5, 0.6) is 0 Å². The van der Waals surface area contributed by atoms with Crippen LogP contribution in [0.3, 0.4) is 0 Å². The molecule has 0 spiro atoms. The lowest BCUT2D eigenvalue weighted by atomic mass is 10.1. The highest BCUT2D eigenvalue weighted by Crippen LogP contribution is 2.27. The molecule has 0 aliphatic heterocycles. The van der Waals surface area contributed by atoms with Crippen molar-refractivity contribution in [3.63, 3.8) is 0 Å². The SMILES string of the molecule is N#C/C(=C\c1cn(-c2ccccc2)nc1-c1ccccc1)c1nc2ccc(Cl)cc2c(=O)[nH]1. The summed E-state index contributed by atoms with van der Waals surface area (Å²) in [5.74, 6) is 0.184. The molecule has 2 heterocycles. The van der Waals surface area contributed by atoms with E-state index in [1.807, 2.05) is 66.9 Å². The number of para-hydroxylation sites is 1. The van der Waals surface area contributed by atoms with E-state index in [0.29, 0.717) is 21.6 Å². The Labute approximate surface area is 194 Å². The predicted molar refractivity (Wildman–Crippen MR) is 130 cm³/mol. The number of benzene rings is 3. The Kier molecular flexibility index (Phi) is 5.31. The number of allylic oxidation sites excluding steroid dienone is 1. The van der Waals surface area contributed by atoms with Crippen LogP contribution in [0, 0.1) is 11.3 Å². The summed E-state index contributed by atoms with van der Waals surface area (Å²) in [6.07, 6.45) is 3.54. The molecule has 5 aromatic rings. The van der Waals surface area contributed by atoms with Crippen molar-refractivity contribution in [2.75, 3.05) is 0 Å². The molecule has 3 aromatic carbocycles. The third-order valence-electron chi connectivity index (χ3n) is 5.15. The summed E-state index contributed by atoms with van der Waals surface area (Å²) in [5, 5.41) is 15.5. The molecule has 0 saturated heterocycles. The molecule has 0 saturated carbocycles. The zero-order valence-corrected chi connectivity index (χ0v) is 18.0. The summed E-state index contributed by atoms with van der Waals surface area (Å²) >= 11 is 6.00. The summed E-state index contributed by atoms with van der Waals surface area (Å²) in [4.78, 5) is 19.8. The highest BCUT2D eigenvalue weighted by molar-refractivity contribution is 6.31. The van der Waals surface area contributed by atoms with Gasteiger partial charge in [0, 0.05) is 22.3 Å². The number of nitrogens with one attached hydrogen (secondary N) is 1. The number of rotatable bonds is 4. The second-order valence-electron chi connectivity index (χ2n) is 7.33. The number of hydrogen-bond acceptors (Lipinski definition) is 4. The van der Waals surface area contributed by atoms with Gasteiger partial charge in [-0.05, 0) is 36.4 Å². The summed E-state index contributed by atoms with van der Waals surface area (Å²) in [6.45, 7) is 0. The maximum atomic E-state index is 12.6. The topological polar surface area (TPSA) is 87.4 Å². The van der Waals surface area contributed by atoms with E-state index in [9.17, 15) is 10.1 Å². The first-order valence-electron chi connectivity index (χ1n) is 10.1. The zero-order valence-electron chi connectivity index (χ0n) is 17.2. The van der Waals surface area contributed by atoms with Crippen LogP contribution in [0.25, 0.3) is 39.5 Å². The quantitative estimate of drug-likeness (QED) is 0.367. The number of hydrogen-bond donors (Lipinski definition) is 1. The minimum atomic E-state index is -0.359. The lowest BCUT2D eigenvalue weighted by molar-refractivity contribution is 0.884. The van der Waals surface area contributed by atoms with Gasteiger partial charge in [0.2, 0.25) is 0 Å². The fraction of sp³-hybridized carbons (Fsp3) is 0. The molecule has 33 heavy (non-hydrogen) atoms. The summed E-state index contributed by atoms with van der Waals surface area (Å²) in [6, 6.07) is 26.5. The minimum absolute atomic E-state index is 0.184. The molecular weight excluding hydrogens is 434 g/mol. The smallest absolute Gasteiger partial charge is 0.259 e. The average molecular weight is 450 g/mol. The standard InChI is InChI=1S/C26H16ClN5O/c27-20-11-12-23-22(14-20)26(33)30-25(29-23)18(15-28)13-19-16-32(21-9-5-2-6-10-21)31-24(19)17-7-3-1-4-8-17/h1-14,16H,(H,29,30,33)/b18-13+. The number of H-pyrrole nitrogens is 1. The molecule has 0 aliphatic rings. The molecule has 6 nitrogen and oxygen atoms in total. The van der Waals surface area contributed by atoms with E-state index in [1.165, 1.54) is 0 Å². The summed E-state index contributed by atoms with van der Waals surface area (Å²) in [7, 11) is 0. The minimum Gasteiger partial charge on any atom is -0.305 e. The van der Waals surface area contributed by atoms with Gasteiger partial charge >= 0.3 is 0 Å². The Morgan fingerprint density at radius 2 is 1.76 bits per heavy atom. The van der Waals surface area contributed by atoms with Crippen molar-refractivity contribution in [2.24, 2.45) is 0 Å². The lowest BCUT2D eigenvalue weighted by Gasteiger charge is -2.03. The molecule has 7 heteroatoms. The van der Waals surface area contributed by atoms with Gasteiger partial charge in [-0.2, -0.15) is 10.4 Å². The molecule has 0 bridgehead atoms. The normalized spacial score (nSPS) is 11.5. The number of nitriles is 1. The van der Waals surface area contributed by atoms with E-state index in [2.05, 4.69) is 16.0 Å². The molecule has 5 rings (SSSR count). The Morgan fingerprint density at radius 3 is 2.48 bits per heavy atom. The number of halogens is 1. The monoisotopic (exact) mass is 449 g/mol. The first kappa shape index (κ1) is 20.4. The highest BCUT2D eigenvalue weighted by Gasteiger charge is 2.14. The van der Waals surface area contributed by atoms with Gasteiger partial charge in [-0.15, -0.1) is 0 Å². The second kappa shape index (κ2) is 8.58. The van der Waals surface area contributed by atoms with E-state index in [0.717, 1.165) is 16.8 Å². The third-order valence-corrected chi connectivity index (χ3v) is 5.39. The maximum Gasteiger partial charge on any atom is 0.259 e. The molecule has 2 aromatic heterocycles. The number of aromatic amines is 1. The molecule has 158 valence electrons. The molecular formula is C26H16ClN5O. The van der Waals surface area contributed by atoms with E-state index >= 15 is 0 Å². The average Bonchev–Trinajstić information content (AvgIpc) is 3.28. The first-order chi connectivity index (χ1) is 16.1. The molecule has 0 fully saturated rings. The van der Waals surface area contributed by atoms with Gasteiger partial charge < -0.3 is 4.98 Å². The van der Waals surface area contributed by atoms with Gasteiger partial charge in [-0.1, -0.05) is 60.1 Å².